The van der Waals surface area contributed by atoms with Crippen LogP contribution in [0.3, 0.4) is 0 Å². The van der Waals surface area contributed by atoms with Crippen LogP contribution < -0.4 is 0 Å². The largest absolute Gasteiger partial charge is 0.386 e. The maximum atomic E-state index is 10.8. The Morgan fingerprint density at radius 2 is 1.36 bits per heavy atom. The van der Waals surface area contributed by atoms with Gasteiger partial charge in [-0.05, 0) is 13.8 Å². The first-order valence-corrected chi connectivity index (χ1v) is 3.30. The highest BCUT2D eigenvalue weighted by Gasteiger charge is 2.31. The molecule has 1 rings (SSSR count). The number of hydrogen-bond donors (Lipinski definition) is 0. The normalized spacial score (nSPS) is 24.9. The number of ether oxygens (including phenoxy) is 1. The first-order chi connectivity index (χ1) is 5.20. The van der Waals surface area contributed by atoms with Crippen LogP contribution in [-0.2, 0) is 14.3 Å². The fourth-order valence-corrected chi connectivity index (χ4v) is 0.961. The molecule has 1 fully saturated rings. The van der Waals surface area contributed by atoms with E-state index in [1.54, 1.807) is 26.0 Å². The molecule has 0 aromatic carbocycles. The van der Waals surface area contributed by atoms with Crippen LogP contribution in [0.15, 0.2) is 23.3 Å². The van der Waals surface area contributed by atoms with Crippen molar-refractivity contribution in [1.82, 2.24) is 0 Å². The summed E-state index contributed by atoms with van der Waals surface area (Å²) in [6, 6.07) is 0. The third-order valence-electron chi connectivity index (χ3n) is 1.49. The molecule has 3 heteroatoms. The van der Waals surface area contributed by atoms with Gasteiger partial charge in [0, 0.05) is 0 Å². The van der Waals surface area contributed by atoms with Gasteiger partial charge in [0.2, 0.25) is 0 Å². The number of esters is 2. The Kier molecular flexibility index (Phi) is 1.89. The molecule has 0 spiro atoms. The van der Waals surface area contributed by atoms with Gasteiger partial charge in [-0.3, -0.25) is 0 Å². The van der Waals surface area contributed by atoms with E-state index < -0.39 is 11.9 Å². The standard InChI is InChI=1S/C8H8O3/c1-3-5-6(4-2)8(10)11-7(5)9/h3-4H,1-2H3. The van der Waals surface area contributed by atoms with E-state index in [1.807, 2.05) is 0 Å². The molecule has 0 atom stereocenters. The van der Waals surface area contributed by atoms with Crippen LogP contribution in [0.2, 0.25) is 0 Å². The van der Waals surface area contributed by atoms with Crippen molar-refractivity contribution in [2.24, 2.45) is 0 Å². The van der Waals surface area contributed by atoms with Gasteiger partial charge in [0.25, 0.3) is 0 Å². The van der Waals surface area contributed by atoms with E-state index in [0.717, 1.165) is 0 Å². The summed E-state index contributed by atoms with van der Waals surface area (Å²) >= 11 is 0. The molecular formula is C8H8O3. The van der Waals surface area contributed by atoms with E-state index in [4.69, 9.17) is 0 Å². The zero-order valence-corrected chi connectivity index (χ0v) is 6.38. The molecule has 1 aliphatic rings. The number of rotatable bonds is 0. The van der Waals surface area contributed by atoms with Crippen molar-refractivity contribution in [3.8, 4) is 0 Å². The van der Waals surface area contributed by atoms with E-state index in [9.17, 15) is 9.59 Å². The molecule has 11 heavy (non-hydrogen) atoms. The molecule has 3 nitrogen and oxygen atoms in total. The predicted molar refractivity (Wildman–Crippen MR) is 38.6 cm³/mol. The fraction of sp³-hybridized carbons (Fsp3) is 0.250. The fourth-order valence-electron chi connectivity index (χ4n) is 0.961. The molecule has 0 unspecified atom stereocenters. The highest BCUT2D eigenvalue weighted by atomic mass is 16.6. The van der Waals surface area contributed by atoms with Crippen molar-refractivity contribution in [3.63, 3.8) is 0 Å². The van der Waals surface area contributed by atoms with Gasteiger partial charge in [0.1, 0.15) is 0 Å². The second-order valence-corrected chi connectivity index (χ2v) is 2.08. The summed E-state index contributed by atoms with van der Waals surface area (Å²) in [5.41, 5.74) is 0.718. The van der Waals surface area contributed by atoms with Crippen molar-refractivity contribution in [2.45, 2.75) is 13.8 Å². The number of carbonyl (C=O) groups excluding carboxylic acids is 2. The zero-order valence-electron chi connectivity index (χ0n) is 6.38. The van der Waals surface area contributed by atoms with E-state index in [2.05, 4.69) is 4.74 Å². The van der Waals surface area contributed by atoms with Crippen LogP contribution in [0.1, 0.15) is 13.8 Å². The Balaban J connectivity index is 3.14. The molecule has 0 saturated carbocycles. The molecule has 0 aromatic heterocycles. The molecular weight excluding hydrogens is 144 g/mol. The lowest BCUT2D eigenvalue weighted by Crippen LogP contribution is -1.96. The zero-order chi connectivity index (χ0) is 8.43. The van der Waals surface area contributed by atoms with Crippen molar-refractivity contribution in [1.29, 1.82) is 0 Å². The summed E-state index contributed by atoms with van der Waals surface area (Å²) in [6.07, 6.45) is 3.14. The second kappa shape index (κ2) is 2.70. The third-order valence-corrected chi connectivity index (χ3v) is 1.49. The lowest BCUT2D eigenvalue weighted by atomic mass is 10.1. The lowest BCUT2D eigenvalue weighted by Gasteiger charge is -1.86. The molecule has 0 radical (unpaired) electrons. The molecule has 1 aliphatic heterocycles. The summed E-state index contributed by atoms with van der Waals surface area (Å²) in [5, 5.41) is 0. The number of cyclic esters (lactones) is 2. The predicted octanol–water partition coefficient (Wildman–Crippen LogP) is 0.962. The molecule has 0 aromatic rings. The van der Waals surface area contributed by atoms with E-state index in [-0.39, 0.29) is 0 Å². The highest BCUT2D eigenvalue weighted by molar-refractivity contribution is 6.17. The molecule has 1 heterocycles. The smallest absolute Gasteiger partial charge is 0.346 e. The molecule has 0 bridgehead atoms. The minimum absolute atomic E-state index is 0.359. The molecule has 58 valence electrons. The maximum absolute atomic E-state index is 10.8. The van der Waals surface area contributed by atoms with Crippen molar-refractivity contribution >= 4 is 11.9 Å². The Hall–Kier alpha value is -1.38. The van der Waals surface area contributed by atoms with Crippen molar-refractivity contribution < 1.29 is 14.3 Å². The molecule has 0 aliphatic carbocycles. The Morgan fingerprint density at radius 1 is 1.00 bits per heavy atom. The maximum Gasteiger partial charge on any atom is 0.346 e. The van der Waals surface area contributed by atoms with Gasteiger partial charge in [-0.1, -0.05) is 12.2 Å². The van der Waals surface area contributed by atoms with Crippen LogP contribution in [0.4, 0.5) is 0 Å². The number of hydrogen-bond acceptors (Lipinski definition) is 3. The van der Waals surface area contributed by atoms with Gasteiger partial charge in [0.15, 0.2) is 0 Å². The van der Waals surface area contributed by atoms with Crippen LogP contribution in [0.5, 0.6) is 0 Å². The average Bonchev–Trinajstić information content (AvgIpc) is 2.24. The van der Waals surface area contributed by atoms with Gasteiger partial charge < -0.3 is 4.74 Å². The third kappa shape index (κ3) is 1.09. The summed E-state index contributed by atoms with van der Waals surface area (Å²) < 4.78 is 4.35. The van der Waals surface area contributed by atoms with Gasteiger partial charge in [-0.2, -0.15) is 0 Å². The Morgan fingerprint density at radius 3 is 1.64 bits per heavy atom. The highest BCUT2D eigenvalue weighted by Crippen LogP contribution is 2.20. The molecule has 0 N–H and O–H groups in total. The monoisotopic (exact) mass is 152 g/mol. The SMILES string of the molecule is CC=C1C(=O)OC(=O)C1=CC. The number of carbonyl (C=O) groups is 2. The Bertz CT molecular complexity index is 243. The van der Waals surface area contributed by atoms with Crippen LogP contribution >= 0.6 is 0 Å². The van der Waals surface area contributed by atoms with E-state index in [1.165, 1.54) is 0 Å². The van der Waals surface area contributed by atoms with Crippen molar-refractivity contribution in [3.05, 3.63) is 23.3 Å². The van der Waals surface area contributed by atoms with Crippen LogP contribution in [0.25, 0.3) is 0 Å². The van der Waals surface area contributed by atoms with E-state index >= 15 is 0 Å². The number of allylic oxidation sites excluding steroid dienone is 2. The summed E-state index contributed by atoms with van der Waals surface area (Å²) in [6.45, 7) is 3.39. The molecule has 1 saturated heterocycles. The average molecular weight is 152 g/mol. The molecule has 0 amide bonds. The first kappa shape index (κ1) is 7.72. The van der Waals surface area contributed by atoms with Crippen LogP contribution in [-0.4, -0.2) is 11.9 Å². The van der Waals surface area contributed by atoms with Crippen molar-refractivity contribution in [2.75, 3.05) is 0 Å². The van der Waals surface area contributed by atoms with Gasteiger partial charge in [-0.15, -0.1) is 0 Å². The minimum Gasteiger partial charge on any atom is -0.386 e. The first-order valence-electron chi connectivity index (χ1n) is 3.30. The summed E-state index contributed by atoms with van der Waals surface area (Å²) in [4.78, 5) is 21.7. The lowest BCUT2D eigenvalue weighted by molar-refractivity contribution is -0.149. The topological polar surface area (TPSA) is 43.4 Å². The second-order valence-electron chi connectivity index (χ2n) is 2.08. The van der Waals surface area contributed by atoms with Crippen LogP contribution in [0, 0.1) is 0 Å². The quantitative estimate of drug-likeness (QED) is 0.295. The van der Waals surface area contributed by atoms with E-state index in [0.29, 0.717) is 11.1 Å². The summed E-state index contributed by atoms with van der Waals surface area (Å²) in [5.74, 6) is -1.10. The van der Waals surface area contributed by atoms with Gasteiger partial charge in [-0.25, -0.2) is 9.59 Å². The van der Waals surface area contributed by atoms with Gasteiger partial charge in [0.05, 0.1) is 11.1 Å². The minimum atomic E-state index is -0.550. The summed E-state index contributed by atoms with van der Waals surface area (Å²) in [7, 11) is 0. The Labute approximate surface area is 64.3 Å². The van der Waals surface area contributed by atoms with Gasteiger partial charge >= 0.3 is 11.9 Å².